The molecule has 1 aliphatic rings. The summed E-state index contributed by atoms with van der Waals surface area (Å²) in [5.41, 5.74) is 3.79. The highest BCUT2D eigenvalue weighted by Crippen LogP contribution is 2.37. The van der Waals surface area contributed by atoms with Crippen LogP contribution in [0.2, 0.25) is 0 Å². The molecule has 12 heteroatoms. The van der Waals surface area contributed by atoms with Crippen molar-refractivity contribution in [2.24, 2.45) is 4.99 Å². The monoisotopic (exact) mass is 724 g/mol. The summed E-state index contributed by atoms with van der Waals surface area (Å²) in [6.45, 7) is 6.60. The molecular weight excluding hydrogens is 678 g/mol. The molecule has 53 heavy (non-hydrogen) atoms. The van der Waals surface area contributed by atoms with Crippen molar-refractivity contribution in [2.45, 2.75) is 70.9 Å². The van der Waals surface area contributed by atoms with Crippen LogP contribution in [-0.2, 0) is 20.7 Å². The molecule has 12 nitrogen and oxygen atoms in total. The van der Waals surface area contributed by atoms with Crippen LogP contribution in [0.15, 0.2) is 89.9 Å². The summed E-state index contributed by atoms with van der Waals surface area (Å²) >= 11 is 0. The predicted molar refractivity (Wildman–Crippen MR) is 198 cm³/mol. The molecule has 3 aromatic carbocycles. The predicted octanol–water partition coefficient (Wildman–Crippen LogP) is 6.20. The van der Waals surface area contributed by atoms with Crippen LogP contribution in [0.3, 0.4) is 0 Å². The molecule has 0 saturated carbocycles. The quantitative estimate of drug-likeness (QED) is 0.0687. The van der Waals surface area contributed by atoms with Crippen molar-refractivity contribution >= 4 is 18.0 Å². The third kappa shape index (κ3) is 12.4. The minimum atomic E-state index is -1.11. The topological polar surface area (TPSA) is 161 Å². The van der Waals surface area contributed by atoms with E-state index >= 15 is 0 Å². The Labute approximate surface area is 309 Å². The molecule has 1 aliphatic heterocycles. The number of benzene rings is 3. The first-order valence-electron chi connectivity index (χ1n) is 17.8. The second kappa shape index (κ2) is 18.6. The van der Waals surface area contributed by atoms with Gasteiger partial charge in [0.15, 0.2) is 11.5 Å². The Hall–Kier alpha value is -5.78. The largest absolute Gasteiger partial charge is 0.595 e. The summed E-state index contributed by atoms with van der Waals surface area (Å²) in [4.78, 5) is 33.2. The van der Waals surface area contributed by atoms with Gasteiger partial charge in [0.2, 0.25) is 18.6 Å². The number of carbonyl (C=O) groups is 2. The van der Waals surface area contributed by atoms with Crippen LogP contribution in [0, 0.1) is 0 Å². The Kier molecular flexibility index (Phi) is 13.5. The van der Waals surface area contributed by atoms with Crippen LogP contribution in [-0.4, -0.2) is 66.2 Å². The number of rotatable bonds is 18. The smallest absolute Gasteiger partial charge is 0.326 e. The van der Waals surface area contributed by atoms with E-state index in [2.05, 4.69) is 10.3 Å². The number of unbranched alkanes of at least 4 members (excludes halogenated alkanes) is 2. The van der Waals surface area contributed by atoms with E-state index in [0.717, 1.165) is 34.4 Å². The first kappa shape index (κ1) is 38.5. The number of aliphatic imine (C=N–C) groups is 1. The lowest BCUT2D eigenvalue weighted by atomic mass is 10.0. The average molecular weight is 725 g/mol. The van der Waals surface area contributed by atoms with Gasteiger partial charge in [0.05, 0.1) is 18.9 Å². The van der Waals surface area contributed by atoms with Gasteiger partial charge in [-0.25, -0.2) is 9.78 Å². The molecule has 0 spiro atoms. The van der Waals surface area contributed by atoms with Gasteiger partial charge in [0, 0.05) is 43.0 Å². The fraction of sp³-hybridized carbons (Fsp3) is 0.366. The number of pyridine rings is 1. The Balaban J connectivity index is 1.04. The van der Waals surface area contributed by atoms with Crippen LogP contribution in [0.25, 0.3) is 22.4 Å². The standard InChI is InChI=1S/C41H47N3O9/c1-41(2,3)53-40(48)42-20-10-22-49-32-17-14-28(15-18-32)23-34(39(46)47)43-37(45)13-8-5-9-21-50-38-26-31(24-33(44-38)29-11-6-4-7-12-29)30-16-19-35-36(25-30)52-27-51-35/h4,6-7,11-12,14-19,24-26,34H,5,8-10,13,20-23,27H2,1-3H3,(H,42,48)(H,43,45)(H,46,47)/p-1. The Bertz CT molecular complexity index is 1840. The number of amides is 1. The number of nitrogens with one attached hydrogen (secondary N) is 1. The number of carboxylic acids is 1. The summed E-state index contributed by atoms with van der Waals surface area (Å²) in [5.74, 6) is 1.08. The first-order chi connectivity index (χ1) is 25.5. The summed E-state index contributed by atoms with van der Waals surface area (Å²) < 4.78 is 28.0. The molecular formula is C41H46N3O9-. The molecule has 5 rings (SSSR count). The van der Waals surface area contributed by atoms with Crippen LogP contribution in [0.1, 0.15) is 58.4 Å². The van der Waals surface area contributed by atoms with Crippen molar-refractivity contribution in [1.29, 1.82) is 0 Å². The highest BCUT2D eigenvalue weighted by Gasteiger charge is 2.20. The molecule has 2 N–H and O–H groups in total. The van der Waals surface area contributed by atoms with Crippen LogP contribution >= 0.6 is 0 Å². The maximum Gasteiger partial charge on any atom is 0.326 e. The third-order valence-corrected chi connectivity index (χ3v) is 8.08. The van der Waals surface area contributed by atoms with E-state index in [-0.39, 0.29) is 32.1 Å². The summed E-state index contributed by atoms with van der Waals surface area (Å²) in [6, 6.07) is 25.6. The molecule has 4 aromatic rings. The van der Waals surface area contributed by atoms with E-state index in [0.29, 0.717) is 55.6 Å². The van der Waals surface area contributed by atoms with E-state index in [9.17, 15) is 19.8 Å². The van der Waals surface area contributed by atoms with E-state index in [1.54, 1.807) is 45.0 Å². The molecule has 1 unspecified atom stereocenters. The van der Waals surface area contributed by atoms with Crippen LogP contribution in [0.5, 0.6) is 23.1 Å². The molecule has 0 bridgehead atoms. The van der Waals surface area contributed by atoms with Gasteiger partial charge >= 0.3 is 5.97 Å². The Morgan fingerprint density at radius 1 is 0.868 bits per heavy atom. The maximum absolute atomic E-state index is 12.7. The molecule has 2 heterocycles. The van der Waals surface area contributed by atoms with Gasteiger partial charge in [-0.3, -0.25) is 9.79 Å². The third-order valence-electron chi connectivity index (χ3n) is 8.08. The number of ether oxygens (including phenoxy) is 5. The van der Waals surface area contributed by atoms with Gasteiger partial charge in [0.1, 0.15) is 17.9 Å². The zero-order valence-electron chi connectivity index (χ0n) is 30.3. The number of aromatic nitrogens is 1. The van der Waals surface area contributed by atoms with Gasteiger partial charge in [-0.05, 0) is 66.3 Å². The average Bonchev–Trinajstić information content (AvgIpc) is 3.61. The van der Waals surface area contributed by atoms with Crippen molar-refractivity contribution in [1.82, 2.24) is 10.3 Å². The molecule has 0 saturated heterocycles. The molecule has 280 valence electrons. The van der Waals surface area contributed by atoms with Gasteiger partial charge < -0.3 is 39.2 Å². The lowest BCUT2D eigenvalue weighted by molar-refractivity contribution is -0.260. The number of carboxylic acid groups (broad SMARTS) is 1. The van der Waals surface area contributed by atoms with Crippen molar-refractivity contribution in [3.63, 3.8) is 0 Å². The number of hydrogen-bond acceptors (Lipinski definition) is 10. The second-order valence-electron chi connectivity index (χ2n) is 13.5. The number of nitrogens with zero attached hydrogens (tertiary/aromatic N) is 2. The van der Waals surface area contributed by atoms with Crippen LogP contribution in [0.4, 0.5) is 0 Å². The van der Waals surface area contributed by atoms with E-state index in [1.165, 1.54) is 0 Å². The molecule has 0 fully saturated rings. The van der Waals surface area contributed by atoms with Crippen LogP contribution < -0.4 is 29.4 Å². The molecule has 1 atom stereocenters. The lowest BCUT2D eigenvalue weighted by Gasteiger charge is -2.29. The van der Waals surface area contributed by atoms with Gasteiger partial charge in [-0.2, -0.15) is 0 Å². The maximum atomic E-state index is 12.7. The van der Waals surface area contributed by atoms with Crippen molar-refractivity contribution in [3.8, 4) is 45.5 Å². The highest BCUT2D eigenvalue weighted by molar-refractivity contribution is 5.83. The van der Waals surface area contributed by atoms with E-state index in [4.69, 9.17) is 28.7 Å². The molecule has 0 radical (unpaired) electrons. The van der Waals surface area contributed by atoms with Crippen molar-refractivity contribution in [2.75, 3.05) is 26.6 Å². The number of hydrogen-bond donors (Lipinski definition) is 2. The van der Waals surface area contributed by atoms with E-state index in [1.807, 2.05) is 60.7 Å². The van der Waals surface area contributed by atoms with Gasteiger partial charge in [-0.15, -0.1) is 0 Å². The van der Waals surface area contributed by atoms with E-state index < -0.39 is 23.7 Å². The lowest BCUT2D eigenvalue weighted by Crippen LogP contribution is -2.42. The fourth-order valence-corrected chi connectivity index (χ4v) is 5.46. The number of carbonyl (C=O) groups excluding carboxylic acids is 1. The Morgan fingerprint density at radius 2 is 1.62 bits per heavy atom. The van der Waals surface area contributed by atoms with Crippen molar-refractivity contribution in [3.05, 3.63) is 90.5 Å². The minimum absolute atomic E-state index is 0.132. The highest BCUT2D eigenvalue weighted by atomic mass is 16.7. The zero-order chi connectivity index (χ0) is 37.6. The molecule has 0 aliphatic carbocycles. The molecule has 1 amide bonds. The van der Waals surface area contributed by atoms with Gasteiger partial charge in [-0.1, -0.05) is 69.3 Å². The summed E-state index contributed by atoms with van der Waals surface area (Å²) in [6.07, 6.45) is 2.26. The Morgan fingerprint density at radius 3 is 2.38 bits per heavy atom. The zero-order valence-corrected chi connectivity index (χ0v) is 30.3. The van der Waals surface area contributed by atoms with Gasteiger partial charge in [0.25, 0.3) is 0 Å². The minimum Gasteiger partial charge on any atom is -0.595 e. The number of fused-ring (bicyclic) bond motifs is 1. The number of aliphatic carboxylic acids is 1. The normalized spacial score (nSPS) is 12.9. The van der Waals surface area contributed by atoms with Crippen molar-refractivity contribution < 1.29 is 43.5 Å². The molecule has 1 aromatic heterocycles. The SMILES string of the molecule is CC(C)(C)OC([O-])=NCCCOc1ccc(CC(NC(=O)CCCCCOc2cc(-c3ccc4c(c3)OCO4)cc(-c3ccccc3)n2)C(=O)O)cc1. The first-order valence-corrected chi connectivity index (χ1v) is 17.8. The summed E-state index contributed by atoms with van der Waals surface area (Å²) in [7, 11) is 0. The summed E-state index contributed by atoms with van der Waals surface area (Å²) in [5, 5.41) is 24.1. The second-order valence-corrected chi connectivity index (χ2v) is 13.5. The fourth-order valence-electron chi connectivity index (χ4n) is 5.46.